The van der Waals surface area contributed by atoms with Crippen LogP contribution in [0.5, 0.6) is 0 Å². The van der Waals surface area contributed by atoms with Gasteiger partial charge in [0.05, 0.1) is 5.75 Å². The molecule has 130 valence electrons. The van der Waals surface area contributed by atoms with Crippen molar-refractivity contribution in [3.63, 3.8) is 0 Å². The quantitative estimate of drug-likeness (QED) is 0.829. The molecule has 1 atom stereocenters. The minimum Gasteiger partial charge on any atom is -0.337 e. The first kappa shape index (κ1) is 19.5. The molecule has 5 nitrogen and oxygen atoms in total. The summed E-state index contributed by atoms with van der Waals surface area (Å²) in [6.45, 7) is 8.69. The van der Waals surface area contributed by atoms with Crippen LogP contribution in [0.1, 0.15) is 33.3 Å². The Kier molecular flexibility index (Phi) is 6.62. The van der Waals surface area contributed by atoms with E-state index in [1.807, 2.05) is 37.3 Å². The van der Waals surface area contributed by atoms with Crippen molar-refractivity contribution in [1.29, 1.82) is 0 Å². The molecule has 0 heterocycles. The molecule has 0 aliphatic heterocycles. The van der Waals surface area contributed by atoms with E-state index < -0.39 is 9.84 Å². The third-order valence-electron chi connectivity index (χ3n) is 3.91. The van der Waals surface area contributed by atoms with Crippen LogP contribution in [0.2, 0.25) is 0 Å². The van der Waals surface area contributed by atoms with E-state index in [0.717, 1.165) is 5.56 Å². The number of hydrogen-bond donors (Lipinski definition) is 1. The van der Waals surface area contributed by atoms with Gasteiger partial charge >= 0.3 is 6.03 Å². The van der Waals surface area contributed by atoms with E-state index in [-0.39, 0.29) is 23.2 Å². The fourth-order valence-corrected chi connectivity index (χ4v) is 3.63. The largest absolute Gasteiger partial charge is 0.337 e. The summed E-state index contributed by atoms with van der Waals surface area (Å²) in [4.78, 5) is 14.0. The Morgan fingerprint density at radius 2 is 1.83 bits per heavy atom. The lowest BCUT2D eigenvalue weighted by atomic mass is 9.85. The molecule has 0 radical (unpaired) electrons. The summed E-state index contributed by atoms with van der Waals surface area (Å²) in [5.74, 6) is -0.0314. The summed E-state index contributed by atoms with van der Waals surface area (Å²) >= 11 is 0. The van der Waals surface area contributed by atoms with Gasteiger partial charge in [-0.25, -0.2) is 13.2 Å². The second-order valence-corrected chi connectivity index (χ2v) is 8.82. The van der Waals surface area contributed by atoms with Gasteiger partial charge in [-0.1, -0.05) is 44.2 Å². The van der Waals surface area contributed by atoms with Gasteiger partial charge in [0.2, 0.25) is 0 Å². The molecule has 23 heavy (non-hydrogen) atoms. The molecule has 1 rings (SSSR count). The Bertz CT molecular complexity index is 612. The number of amides is 2. The predicted molar refractivity (Wildman–Crippen MR) is 94.4 cm³/mol. The lowest BCUT2D eigenvalue weighted by Crippen LogP contribution is -2.49. The molecule has 0 fully saturated rings. The normalized spacial score (nSPS) is 13.4. The molecule has 0 saturated heterocycles. The molecule has 0 bridgehead atoms. The van der Waals surface area contributed by atoms with Gasteiger partial charge in [-0.2, -0.15) is 0 Å². The van der Waals surface area contributed by atoms with Gasteiger partial charge in [-0.3, -0.25) is 0 Å². The number of nitrogens with one attached hydrogen (secondary N) is 1. The molecule has 0 saturated carbocycles. The van der Waals surface area contributed by atoms with Gasteiger partial charge in [0.25, 0.3) is 0 Å². The molecule has 1 unspecified atom stereocenters. The Labute approximate surface area is 140 Å². The zero-order chi connectivity index (χ0) is 17.7. The van der Waals surface area contributed by atoms with E-state index in [9.17, 15) is 13.2 Å². The molecular formula is C17H28N2O3S. The summed E-state index contributed by atoms with van der Waals surface area (Å²) in [5, 5.41) is 2.93. The number of carbonyl (C=O) groups is 1. The van der Waals surface area contributed by atoms with Gasteiger partial charge in [0, 0.05) is 30.8 Å². The molecule has 1 aromatic rings. The van der Waals surface area contributed by atoms with E-state index in [4.69, 9.17) is 0 Å². The average Bonchev–Trinajstić information content (AvgIpc) is 2.45. The van der Waals surface area contributed by atoms with E-state index in [2.05, 4.69) is 19.2 Å². The maximum absolute atomic E-state index is 12.4. The zero-order valence-corrected chi connectivity index (χ0v) is 15.5. The van der Waals surface area contributed by atoms with Crippen LogP contribution in [0.25, 0.3) is 0 Å². The molecule has 0 aliphatic carbocycles. The molecule has 1 N–H and O–H groups in total. The molecule has 0 spiro atoms. The number of benzene rings is 1. The highest BCUT2D eigenvalue weighted by Gasteiger charge is 2.25. The van der Waals surface area contributed by atoms with Gasteiger partial charge in [0.1, 0.15) is 9.84 Å². The van der Waals surface area contributed by atoms with Gasteiger partial charge < -0.3 is 10.2 Å². The number of urea groups is 1. The second-order valence-electron chi connectivity index (χ2n) is 6.64. The smallest absolute Gasteiger partial charge is 0.317 e. The SMILES string of the molecule is CCN(C(=O)NCC(C)(C)c1ccccc1)C(C)CS(C)(=O)=O. The van der Waals surface area contributed by atoms with E-state index >= 15 is 0 Å². The van der Waals surface area contributed by atoms with Gasteiger partial charge in [-0.15, -0.1) is 0 Å². The Morgan fingerprint density at radius 1 is 1.26 bits per heavy atom. The van der Waals surface area contributed by atoms with Crippen LogP contribution >= 0.6 is 0 Å². The summed E-state index contributed by atoms with van der Waals surface area (Å²) in [5.41, 5.74) is 0.948. The van der Waals surface area contributed by atoms with Crippen molar-refractivity contribution in [2.75, 3.05) is 25.1 Å². The summed E-state index contributed by atoms with van der Waals surface area (Å²) in [6.07, 6.45) is 1.19. The summed E-state index contributed by atoms with van der Waals surface area (Å²) < 4.78 is 22.9. The number of sulfone groups is 1. The zero-order valence-electron chi connectivity index (χ0n) is 14.7. The monoisotopic (exact) mass is 340 g/mol. The standard InChI is InChI=1S/C17H28N2O3S/c1-6-19(14(2)12-23(5,21)22)16(20)18-13-17(3,4)15-10-8-7-9-11-15/h7-11,14H,6,12-13H2,1-5H3,(H,18,20). The highest BCUT2D eigenvalue weighted by molar-refractivity contribution is 7.90. The lowest BCUT2D eigenvalue weighted by molar-refractivity contribution is 0.185. The summed E-state index contributed by atoms with van der Waals surface area (Å²) in [6, 6.07) is 9.41. The number of nitrogens with zero attached hydrogens (tertiary/aromatic N) is 1. The Morgan fingerprint density at radius 3 is 2.30 bits per heavy atom. The van der Waals surface area contributed by atoms with Crippen molar-refractivity contribution in [3.05, 3.63) is 35.9 Å². The predicted octanol–water partition coefficient (Wildman–Crippen LogP) is 2.43. The first-order valence-corrected chi connectivity index (χ1v) is 9.90. The maximum atomic E-state index is 12.4. The van der Waals surface area contributed by atoms with Crippen molar-refractivity contribution in [2.24, 2.45) is 0 Å². The average molecular weight is 340 g/mol. The highest BCUT2D eigenvalue weighted by Crippen LogP contribution is 2.21. The molecule has 0 aromatic heterocycles. The van der Waals surface area contributed by atoms with Crippen molar-refractivity contribution >= 4 is 15.9 Å². The number of carbonyl (C=O) groups excluding carboxylic acids is 1. The van der Waals surface area contributed by atoms with Crippen LogP contribution in [0.15, 0.2) is 30.3 Å². The molecular weight excluding hydrogens is 312 g/mol. The minimum atomic E-state index is -3.12. The first-order chi connectivity index (χ1) is 10.6. The van der Waals surface area contributed by atoms with Crippen LogP contribution in [-0.2, 0) is 15.3 Å². The first-order valence-electron chi connectivity index (χ1n) is 7.84. The topological polar surface area (TPSA) is 66.5 Å². The third-order valence-corrected chi connectivity index (χ3v) is 5.00. The molecule has 0 aliphatic rings. The Balaban J connectivity index is 2.70. The maximum Gasteiger partial charge on any atom is 0.317 e. The van der Waals surface area contributed by atoms with Gasteiger partial charge in [-0.05, 0) is 19.4 Å². The van der Waals surface area contributed by atoms with Crippen molar-refractivity contribution in [1.82, 2.24) is 10.2 Å². The lowest BCUT2D eigenvalue weighted by Gasteiger charge is -2.31. The fraction of sp³-hybridized carbons (Fsp3) is 0.588. The summed E-state index contributed by atoms with van der Waals surface area (Å²) in [7, 11) is -3.12. The second kappa shape index (κ2) is 7.81. The fourth-order valence-electron chi connectivity index (χ4n) is 2.57. The van der Waals surface area contributed by atoms with Crippen molar-refractivity contribution in [2.45, 2.75) is 39.2 Å². The van der Waals surface area contributed by atoms with Crippen LogP contribution in [-0.4, -0.2) is 50.5 Å². The third kappa shape index (κ3) is 6.22. The van der Waals surface area contributed by atoms with Gasteiger partial charge in [0.15, 0.2) is 0 Å². The minimum absolute atomic E-state index is 0.0314. The van der Waals surface area contributed by atoms with E-state index in [1.165, 1.54) is 6.26 Å². The van der Waals surface area contributed by atoms with Crippen LogP contribution < -0.4 is 5.32 Å². The van der Waals surface area contributed by atoms with Crippen LogP contribution in [0.4, 0.5) is 4.79 Å². The van der Waals surface area contributed by atoms with Crippen molar-refractivity contribution in [3.8, 4) is 0 Å². The molecule has 6 heteroatoms. The van der Waals surface area contributed by atoms with E-state index in [0.29, 0.717) is 13.1 Å². The Hall–Kier alpha value is -1.56. The molecule has 2 amide bonds. The van der Waals surface area contributed by atoms with Crippen LogP contribution in [0, 0.1) is 0 Å². The van der Waals surface area contributed by atoms with Crippen LogP contribution in [0.3, 0.4) is 0 Å². The van der Waals surface area contributed by atoms with Crippen molar-refractivity contribution < 1.29 is 13.2 Å². The molecule has 1 aromatic carbocycles. The number of hydrogen-bond acceptors (Lipinski definition) is 3. The van der Waals surface area contributed by atoms with E-state index in [1.54, 1.807) is 11.8 Å². The highest BCUT2D eigenvalue weighted by atomic mass is 32.2. The number of rotatable bonds is 7.